The van der Waals surface area contributed by atoms with Crippen LogP contribution < -0.4 is 10.6 Å². The molecule has 2 rings (SSSR count). The van der Waals surface area contributed by atoms with Gasteiger partial charge in [0.1, 0.15) is 0 Å². The van der Waals surface area contributed by atoms with Gasteiger partial charge in [-0.25, -0.2) is 0 Å². The summed E-state index contributed by atoms with van der Waals surface area (Å²) in [6.45, 7) is 1.90. The molecule has 1 fully saturated rings. The van der Waals surface area contributed by atoms with Crippen molar-refractivity contribution < 1.29 is 15.0 Å². The lowest BCUT2D eigenvalue weighted by Crippen LogP contribution is -2.26. The number of nitrogens with one attached hydrogen (secondary N) is 2. The number of carbonyl (C=O) groups is 1. The van der Waals surface area contributed by atoms with Gasteiger partial charge in [-0.2, -0.15) is 0 Å². The van der Waals surface area contributed by atoms with Gasteiger partial charge in [-0.15, -0.1) is 0 Å². The summed E-state index contributed by atoms with van der Waals surface area (Å²) in [4.78, 5) is 11.9. The van der Waals surface area contributed by atoms with E-state index in [2.05, 4.69) is 10.6 Å². The van der Waals surface area contributed by atoms with Gasteiger partial charge in [-0.3, -0.25) is 4.79 Å². The molecule has 0 bridgehead atoms. The molecule has 0 aromatic heterocycles. The van der Waals surface area contributed by atoms with Crippen molar-refractivity contribution in [3.05, 3.63) is 29.3 Å². The van der Waals surface area contributed by atoms with E-state index in [0.29, 0.717) is 11.6 Å². The second-order valence-electron chi connectivity index (χ2n) is 4.99. The lowest BCUT2D eigenvalue weighted by Gasteiger charge is -2.14. The fraction of sp³-hybridized carbons (Fsp3) is 0.500. The highest BCUT2D eigenvalue weighted by atomic mass is 16.3. The number of anilines is 1. The van der Waals surface area contributed by atoms with Crippen molar-refractivity contribution in [2.75, 3.05) is 18.5 Å². The molecular weight excluding hydrogens is 244 g/mol. The Morgan fingerprint density at radius 2 is 2.21 bits per heavy atom. The Kier molecular flexibility index (Phi) is 4.39. The van der Waals surface area contributed by atoms with Crippen LogP contribution in [0.2, 0.25) is 0 Å². The topological polar surface area (TPSA) is 81.6 Å². The summed E-state index contributed by atoms with van der Waals surface area (Å²) in [6.07, 6.45) is 1.32. The highest BCUT2D eigenvalue weighted by Gasteiger charge is 2.23. The van der Waals surface area contributed by atoms with Crippen molar-refractivity contribution in [3.63, 3.8) is 0 Å². The number of hydrogen-bond donors (Lipinski definition) is 4. The Labute approximate surface area is 112 Å². The fourth-order valence-electron chi connectivity index (χ4n) is 1.74. The van der Waals surface area contributed by atoms with Crippen LogP contribution in [-0.2, 0) is 0 Å². The maximum Gasteiger partial charge on any atom is 0.251 e. The monoisotopic (exact) mass is 264 g/mol. The van der Waals surface area contributed by atoms with Crippen molar-refractivity contribution in [3.8, 4) is 0 Å². The van der Waals surface area contributed by atoms with Crippen molar-refractivity contribution in [2.24, 2.45) is 0 Å². The van der Waals surface area contributed by atoms with E-state index in [0.717, 1.165) is 24.1 Å². The number of carbonyl (C=O) groups excluding carboxylic acids is 1. The van der Waals surface area contributed by atoms with Gasteiger partial charge in [0.25, 0.3) is 5.91 Å². The number of aliphatic hydroxyl groups is 2. The predicted molar refractivity (Wildman–Crippen MR) is 73.2 cm³/mol. The summed E-state index contributed by atoms with van der Waals surface area (Å²) in [5.74, 6) is -0.0618. The van der Waals surface area contributed by atoms with Gasteiger partial charge in [-0.05, 0) is 37.5 Å². The number of aliphatic hydroxyl groups excluding tert-OH is 2. The minimum Gasteiger partial charge on any atom is -0.394 e. The quantitative estimate of drug-likeness (QED) is 0.608. The van der Waals surface area contributed by atoms with Crippen molar-refractivity contribution >= 4 is 11.6 Å². The maximum absolute atomic E-state index is 11.9. The summed E-state index contributed by atoms with van der Waals surface area (Å²) in [7, 11) is 0. The van der Waals surface area contributed by atoms with Crippen LogP contribution in [0.5, 0.6) is 0 Å². The third kappa shape index (κ3) is 3.94. The van der Waals surface area contributed by atoms with Crippen LogP contribution in [0, 0.1) is 6.92 Å². The molecule has 1 unspecified atom stereocenters. The molecule has 0 radical (unpaired) electrons. The normalized spacial score (nSPS) is 15.9. The first-order chi connectivity index (χ1) is 9.10. The van der Waals surface area contributed by atoms with Gasteiger partial charge in [-0.1, -0.05) is 6.07 Å². The molecule has 1 saturated carbocycles. The average Bonchev–Trinajstić information content (AvgIpc) is 3.21. The molecule has 5 heteroatoms. The Hall–Kier alpha value is -1.59. The summed E-state index contributed by atoms with van der Waals surface area (Å²) >= 11 is 0. The minimum absolute atomic E-state index is 0.0618. The third-order valence-electron chi connectivity index (χ3n) is 3.15. The molecule has 0 aliphatic heterocycles. The van der Waals surface area contributed by atoms with E-state index in [1.807, 2.05) is 13.0 Å². The number of amides is 1. The Morgan fingerprint density at radius 1 is 1.47 bits per heavy atom. The highest BCUT2D eigenvalue weighted by molar-refractivity contribution is 5.95. The Bertz CT molecular complexity index is 458. The van der Waals surface area contributed by atoms with E-state index in [-0.39, 0.29) is 19.1 Å². The van der Waals surface area contributed by atoms with Crippen molar-refractivity contribution in [1.29, 1.82) is 0 Å². The van der Waals surface area contributed by atoms with Gasteiger partial charge in [0.05, 0.1) is 12.7 Å². The van der Waals surface area contributed by atoms with Crippen LogP contribution >= 0.6 is 0 Å². The van der Waals surface area contributed by atoms with Gasteiger partial charge in [0.2, 0.25) is 0 Å². The molecule has 104 valence electrons. The number of aryl methyl sites for hydroxylation is 1. The van der Waals surface area contributed by atoms with Crippen LogP contribution in [-0.4, -0.2) is 41.4 Å². The minimum atomic E-state index is -0.802. The second kappa shape index (κ2) is 6.04. The highest BCUT2D eigenvalue weighted by Crippen LogP contribution is 2.21. The summed E-state index contributed by atoms with van der Waals surface area (Å²) < 4.78 is 0. The molecule has 1 aromatic carbocycles. The first-order valence-electron chi connectivity index (χ1n) is 6.54. The molecule has 4 N–H and O–H groups in total. The summed E-state index contributed by atoms with van der Waals surface area (Å²) in [5.41, 5.74) is 2.41. The molecule has 1 amide bonds. The SMILES string of the molecule is Cc1ccc(C(=O)NC2CC2)cc1NCC(O)CO. The molecule has 1 aliphatic carbocycles. The van der Waals surface area contributed by atoms with Crippen molar-refractivity contribution in [2.45, 2.75) is 31.9 Å². The zero-order valence-corrected chi connectivity index (χ0v) is 11.0. The number of hydrogen-bond acceptors (Lipinski definition) is 4. The van der Waals surface area contributed by atoms with E-state index >= 15 is 0 Å². The van der Waals surface area contributed by atoms with E-state index < -0.39 is 6.10 Å². The fourth-order valence-corrected chi connectivity index (χ4v) is 1.74. The molecular formula is C14H20N2O3. The number of benzene rings is 1. The van der Waals surface area contributed by atoms with Gasteiger partial charge < -0.3 is 20.8 Å². The molecule has 1 aliphatic rings. The number of rotatable bonds is 6. The van der Waals surface area contributed by atoms with Crippen LogP contribution in [0.15, 0.2) is 18.2 Å². The van der Waals surface area contributed by atoms with E-state index in [4.69, 9.17) is 5.11 Å². The van der Waals surface area contributed by atoms with Crippen molar-refractivity contribution in [1.82, 2.24) is 5.32 Å². The molecule has 19 heavy (non-hydrogen) atoms. The lowest BCUT2D eigenvalue weighted by molar-refractivity contribution is 0.0951. The van der Waals surface area contributed by atoms with E-state index in [9.17, 15) is 9.90 Å². The zero-order chi connectivity index (χ0) is 13.8. The van der Waals surface area contributed by atoms with Crippen LogP contribution in [0.25, 0.3) is 0 Å². The zero-order valence-electron chi connectivity index (χ0n) is 11.0. The first-order valence-corrected chi connectivity index (χ1v) is 6.54. The molecule has 5 nitrogen and oxygen atoms in total. The first kappa shape index (κ1) is 13.8. The van der Waals surface area contributed by atoms with Gasteiger partial charge >= 0.3 is 0 Å². The Morgan fingerprint density at radius 3 is 2.84 bits per heavy atom. The predicted octanol–water partition coefficient (Wildman–Crippen LogP) is 0.652. The third-order valence-corrected chi connectivity index (χ3v) is 3.15. The lowest BCUT2D eigenvalue weighted by atomic mass is 10.1. The van der Waals surface area contributed by atoms with E-state index in [1.165, 1.54) is 0 Å². The second-order valence-corrected chi connectivity index (χ2v) is 4.99. The largest absolute Gasteiger partial charge is 0.394 e. The average molecular weight is 264 g/mol. The molecule has 0 spiro atoms. The van der Waals surface area contributed by atoms with Gasteiger partial charge in [0.15, 0.2) is 0 Å². The van der Waals surface area contributed by atoms with Crippen LogP contribution in [0.1, 0.15) is 28.8 Å². The molecule has 1 atom stereocenters. The summed E-state index contributed by atoms with van der Waals surface area (Å²) in [5, 5.41) is 24.1. The maximum atomic E-state index is 11.9. The molecule has 0 heterocycles. The smallest absolute Gasteiger partial charge is 0.251 e. The molecule has 1 aromatic rings. The van der Waals surface area contributed by atoms with Crippen LogP contribution in [0.4, 0.5) is 5.69 Å². The summed E-state index contributed by atoms with van der Waals surface area (Å²) in [6, 6.07) is 5.77. The standard InChI is InChI=1S/C14H20N2O3/c1-9-2-3-10(14(19)16-11-4-5-11)6-13(9)15-7-12(18)8-17/h2-3,6,11-12,15,17-18H,4-5,7-8H2,1H3,(H,16,19). The molecule has 0 saturated heterocycles. The Balaban J connectivity index is 2.02. The van der Waals surface area contributed by atoms with Crippen LogP contribution in [0.3, 0.4) is 0 Å². The van der Waals surface area contributed by atoms with E-state index in [1.54, 1.807) is 12.1 Å². The van der Waals surface area contributed by atoms with Gasteiger partial charge in [0, 0.05) is 23.8 Å².